The third-order valence-electron chi connectivity index (χ3n) is 2.79. The summed E-state index contributed by atoms with van der Waals surface area (Å²) in [5.41, 5.74) is 5.62. The first-order valence-electron chi connectivity index (χ1n) is 4.96. The molecule has 2 aliphatic rings. The summed E-state index contributed by atoms with van der Waals surface area (Å²) in [4.78, 5) is 2.52. The Bertz CT molecular complexity index is 145. The molecule has 0 aromatic rings. The maximum absolute atomic E-state index is 5.62. The highest BCUT2D eigenvalue weighted by Gasteiger charge is 2.27. The lowest BCUT2D eigenvalue weighted by atomic mass is 10.0. The lowest BCUT2D eigenvalue weighted by Crippen LogP contribution is -2.52. The second-order valence-electron chi connectivity index (χ2n) is 3.78. The van der Waals surface area contributed by atoms with Crippen molar-refractivity contribution >= 4 is 11.8 Å². The van der Waals surface area contributed by atoms with Crippen molar-refractivity contribution in [1.82, 2.24) is 4.90 Å². The Balaban J connectivity index is 1.53. The van der Waals surface area contributed by atoms with Crippen molar-refractivity contribution in [3.05, 3.63) is 0 Å². The fourth-order valence-corrected chi connectivity index (χ4v) is 2.77. The summed E-state index contributed by atoms with van der Waals surface area (Å²) in [6, 6.07) is 0.713. The summed E-state index contributed by atoms with van der Waals surface area (Å²) in [5, 5.41) is 1.02. The number of nitrogens with two attached hydrogens (primary N) is 1. The normalized spacial score (nSPS) is 30.2. The van der Waals surface area contributed by atoms with E-state index >= 15 is 0 Å². The molecule has 0 amide bonds. The molecule has 1 atom stereocenters. The van der Waals surface area contributed by atoms with Gasteiger partial charge in [-0.3, -0.25) is 4.90 Å². The molecule has 1 aliphatic heterocycles. The fourth-order valence-electron chi connectivity index (χ4n) is 1.63. The molecule has 1 aliphatic carbocycles. The van der Waals surface area contributed by atoms with Gasteiger partial charge in [0.15, 0.2) is 0 Å². The van der Waals surface area contributed by atoms with Crippen molar-refractivity contribution in [3.63, 3.8) is 0 Å². The Labute approximate surface area is 78.9 Å². The predicted octanol–water partition coefficient (Wildman–Crippen LogP) is 0.915. The molecular formula is C9H18N2S. The molecular weight excluding hydrogens is 168 g/mol. The minimum atomic E-state index is 0.713. The van der Waals surface area contributed by atoms with E-state index in [1.54, 1.807) is 0 Å². The van der Waals surface area contributed by atoms with E-state index in [0.717, 1.165) is 11.8 Å². The first kappa shape index (κ1) is 8.85. The molecule has 0 aromatic heterocycles. The van der Waals surface area contributed by atoms with Gasteiger partial charge in [0, 0.05) is 36.7 Å². The van der Waals surface area contributed by atoms with Gasteiger partial charge in [0.2, 0.25) is 0 Å². The molecule has 2 rings (SSSR count). The molecule has 0 aromatic carbocycles. The van der Waals surface area contributed by atoms with Crippen LogP contribution in [-0.2, 0) is 0 Å². The van der Waals surface area contributed by atoms with E-state index in [2.05, 4.69) is 16.7 Å². The number of likely N-dealkylation sites (tertiary alicyclic amines) is 1. The van der Waals surface area contributed by atoms with Gasteiger partial charge >= 0.3 is 0 Å². The summed E-state index contributed by atoms with van der Waals surface area (Å²) < 4.78 is 0. The van der Waals surface area contributed by atoms with Crippen LogP contribution in [0.25, 0.3) is 0 Å². The molecule has 0 bridgehead atoms. The number of hydrogen-bond donors (Lipinski definition) is 1. The lowest BCUT2D eigenvalue weighted by molar-refractivity contribution is 0.106. The Hall–Kier alpha value is 0.270. The molecule has 2 nitrogen and oxygen atoms in total. The van der Waals surface area contributed by atoms with Crippen LogP contribution in [0.2, 0.25) is 0 Å². The summed E-state index contributed by atoms with van der Waals surface area (Å²) in [7, 11) is 0. The van der Waals surface area contributed by atoms with Crippen molar-refractivity contribution in [3.8, 4) is 0 Å². The van der Waals surface area contributed by atoms with Gasteiger partial charge in [-0.2, -0.15) is 11.8 Å². The Morgan fingerprint density at radius 2 is 2.17 bits per heavy atom. The van der Waals surface area contributed by atoms with E-state index in [1.807, 2.05) is 0 Å². The van der Waals surface area contributed by atoms with Crippen LogP contribution in [0.15, 0.2) is 0 Å². The topological polar surface area (TPSA) is 29.3 Å². The minimum absolute atomic E-state index is 0.713. The second kappa shape index (κ2) is 3.99. The van der Waals surface area contributed by atoms with Gasteiger partial charge in [-0.15, -0.1) is 0 Å². The van der Waals surface area contributed by atoms with Crippen LogP contribution in [0.5, 0.6) is 0 Å². The van der Waals surface area contributed by atoms with E-state index in [1.165, 1.54) is 38.1 Å². The largest absolute Gasteiger partial charge is 0.329 e. The Morgan fingerprint density at radius 1 is 1.33 bits per heavy atom. The quantitative estimate of drug-likeness (QED) is 0.692. The maximum atomic E-state index is 5.62. The highest BCUT2D eigenvalue weighted by atomic mass is 32.2. The number of nitrogens with zero attached hydrogens (tertiary/aromatic N) is 1. The van der Waals surface area contributed by atoms with E-state index in [4.69, 9.17) is 5.73 Å². The molecule has 2 N–H and O–H groups in total. The van der Waals surface area contributed by atoms with Crippen LogP contribution in [-0.4, -0.2) is 41.6 Å². The number of hydrogen-bond acceptors (Lipinski definition) is 3. The molecule has 3 heteroatoms. The lowest BCUT2D eigenvalue weighted by Gasteiger charge is -2.40. The average molecular weight is 186 g/mol. The maximum Gasteiger partial charge on any atom is 0.0230 e. The second-order valence-corrected chi connectivity index (χ2v) is 5.19. The van der Waals surface area contributed by atoms with E-state index in [0.29, 0.717) is 6.04 Å². The molecule has 70 valence electrons. The smallest absolute Gasteiger partial charge is 0.0230 e. The molecule has 12 heavy (non-hydrogen) atoms. The van der Waals surface area contributed by atoms with Crippen LogP contribution in [0.4, 0.5) is 0 Å². The van der Waals surface area contributed by atoms with Gasteiger partial charge in [-0.25, -0.2) is 0 Å². The first-order valence-corrected chi connectivity index (χ1v) is 6.01. The Kier molecular flexibility index (Phi) is 2.94. The predicted molar refractivity (Wildman–Crippen MR) is 54.5 cm³/mol. The summed E-state index contributed by atoms with van der Waals surface area (Å²) in [5.74, 6) is 1.32. The standard InChI is InChI=1S/C9H18N2S/c10-7-8-3-4-11(8)5-6-12-9-1-2-9/h8-9H,1-7,10H2. The molecule has 1 saturated carbocycles. The van der Waals surface area contributed by atoms with Crippen LogP contribution >= 0.6 is 11.8 Å². The zero-order chi connectivity index (χ0) is 8.39. The number of thioether (sulfide) groups is 1. The van der Waals surface area contributed by atoms with Gasteiger partial charge in [-0.1, -0.05) is 0 Å². The van der Waals surface area contributed by atoms with Gasteiger partial charge in [0.1, 0.15) is 0 Å². The highest BCUT2D eigenvalue weighted by molar-refractivity contribution is 8.00. The van der Waals surface area contributed by atoms with Crippen molar-refractivity contribution < 1.29 is 0 Å². The van der Waals surface area contributed by atoms with Gasteiger partial charge < -0.3 is 5.73 Å². The molecule has 1 saturated heterocycles. The third-order valence-corrected chi connectivity index (χ3v) is 4.16. The minimum Gasteiger partial charge on any atom is -0.329 e. The molecule has 1 unspecified atom stereocenters. The van der Waals surface area contributed by atoms with Gasteiger partial charge in [0.05, 0.1) is 0 Å². The first-order chi connectivity index (χ1) is 5.90. The monoisotopic (exact) mass is 186 g/mol. The van der Waals surface area contributed by atoms with Crippen molar-refractivity contribution in [2.75, 3.05) is 25.4 Å². The van der Waals surface area contributed by atoms with E-state index in [9.17, 15) is 0 Å². The third kappa shape index (κ3) is 2.15. The number of rotatable bonds is 5. The van der Waals surface area contributed by atoms with Crippen molar-refractivity contribution in [2.24, 2.45) is 5.73 Å². The zero-order valence-electron chi connectivity index (χ0n) is 7.54. The zero-order valence-corrected chi connectivity index (χ0v) is 8.35. The van der Waals surface area contributed by atoms with Gasteiger partial charge in [-0.05, 0) is 19.3 Å². The van der Waals surface area contributed by atoms with Crippen LogP contribution in [0.3, 0.4) is 0 Å². The van der Waals surface area contributed by atoms with Crippen molar-refractivity contribution in [1.29, 1.82) is 0 Å². The molecule has 0 spiro atoms. The molecule has 1 heterocycles. The van der Waals surface area contributed by atoms with Crippen LogP contribution in [0.1, 0.15) is 19.3 Å². The van der Waals surface area contributed by atoms with E-state index < -0.39 is 0 Å². The van der Waals surface area contributed by atoms with Crippen molar-refractivity contribution in [2.45, 2.75) is 30.6 Å². The average Bonchev–Trinajstić information content (AvgIpc) is 2.80. The molecule has 2 fully saturated rings. The summed E-state index contributed by atoms with van der Waals surface area (Å²) in [6.45, 7) is 3.41. The molecule has 0 radical (unpaired) electrons. The van der Waals surface area contributed by atoms with E-state index in [-0.39, 0.29) is 0 Å². The van der Waals surface area contributed by atoms with Gasteiger partial charge in [0.25, 0.3) is 0 Å². The highest BCUT2D eigenvalue weighted by Crippen LogP contribution is 2.34. The fraction of sp³-hybridized carbons (Fsp3) is 1.00. The van der Waals surface area contributed by atoms with Crippen LogP contribution < -0.4 is 5.73 Å². The summed E-state index contributed by atoms with van der Waals surface area (Å²) in [6.07, 6.45) is 4.25. The summed E-state index contributed by atoms with van der Waals surface area (Å²) >= 11 is 2.15. The van der Waals surface area contributed by atoms with Crippen LogP contribution in [0, 0.1) is 0 Å². The Morgan fingerprint density at radius 3 is 2.67 bits per heavy atom. The SMILES string of the molecule is NCC1CCN1CCSC1CC1.